The number of carbonyl (C=O) groups excluding carboxylic acids is 1. The third kappa shape index (κ3) is 3.08. The van der Waals surface area contributed by atoms with Gasteiger partial charge < -0.3 is 14.7 Å². The van der Waals surface area contributed by atoms with E-state index in [2.05, 4.69) is 11.4 Å². The molecule has 1 amide bonds. The zero-order valence-electron chi connectivity index (χ0n) is 12.2. The molecule has 1 N–H and O–H groups in total. The molecule has 1 fully saturated rings. The highest BCUT2D eigenvalue weighted by molar-refractivity contribution is 8.00. The first-order valence-corrected chi connectivity index (χ1v) is 8.97. The monoisotopic (exact) mass is 335 g/mol. The van der Waals surface area contributed by atoms with Gasteiger partial charge in [0.15, 0.2) is 11.5 Å². The molecular formula is C16H17NO3S2. The minimum Gasteiger partial charge on any atom is -0.504 e. The van der Waals surface area contributed by atoms with Gasteiger partial charge in [0.1, 0.15) is 5.37 Å². The van der Waals surface area contributed by atoms with E-state index < -0.39 is 0 Å². The summed E-state index contributed by atoms with van der Waals surface area (Å²) in [5, 5.41) is 13.9. The number of benzene rings is 1. The Balaban J connectivity index is 1.70. The van der Waals surface area contributed by atoms with E-state index in [1.54, 1.807) is 29.2 Å². The Morgan fingerprint density at radius 3 is 3.00 bits per heavy atom. The molecule has 1 unspecified atom stereocenters. The summed E-state index contributed by atoms with van der Waals surface area (Å²) in [7, 11) is 1.53. The summed E-state index contributed by atoms with van der Waals surface area (Å²) < 4.78 is 5.13. The van der Waals surface area contributed by atoms with Crippen LogP contribution < -0.4 is 4.74 Å². The number of thioether (sulfide) groups is 1. The molecule has 3 rings (SSSR count). The lowest BCUT2D eigenvalue weighted by Crippen LogP contribution is -2.30. The maximum Gasteiger partial charge on any atom is 0.233 e. The molecule has 0 radical (unpaired) electrons. The van der Waals surface area contributed by atoms with Crippen molar-refractivity contribution in [1.82, 2.24) is 4.90 Å². The second kappa shape index (κ2) is 6.62. The SMILES string of the molecule is COc1cc(CCN2C(=O)CSC2c2ccsc2)ccc1O. The van der Waals surface area contributed by atoms with Crippen LogP contribution in [0, 0.1) is 0 Å². The molecule has 1 saturated heterocycles. The quantitative estimate of drug-likeness (QED) is 0.911. The fourth-order valence-corrected chi connectivity index (χ4v) is 4.49. The van der Waals surface area contributed by atoms with Crippen LogP contribution in [0.3, 0.4) is 0 Å². The number of methoxy groups -OCH3 is 1. The number of rotatable bonds is 5. The van der Waals surface area contributed by atoms with Crippen LogP contribution in [0.1, 0.15) is 16.5 Å². The number of hydrogen-bond donors (Lipinski definition) is 1. The van der Waals surface area contributed by atoms with E-state index in [1.807, 2.05) is 22.4 Å². The van der Waals surface area contributed by atoms with Gasteiger partial charge >= 0.3 is 0 Å². The van der Waals surface area contributed by atoms with Crippen LogP contribution in [-0.2, 0) is 11.2 Å². The fraction of sp³-hybridized carbons (Fsp3) is 0.312. The average molecular weight is 335 g/mol. The topological polar surface area (TPSA) is 49.8 Å². The number of carbonyl (C=O) groups is 1. The molecular weight excluding hydrogens is 318 g/mol. The first-order chi connectivity index (χ1) is 10.7. The molecule has 1 aliphatic heterocycles. The lowest BCUT2D eigenvalue weighted by Gasteiger charge is -2.23. The number of amides is 1. The third-order valence-electron chi connectivity index (χ3n) is 3.68. The first kappa shape index (κ1) is 15.2. The molecule has 0 saturated carbocycles. The van der Waals surface area contributed by atoms with Crippen LogP contribution in [0.2, 0.25) is 0 Å². The summed E-state index contributed by atoms with van der Waals surface area (Å²) in [6.07, 6.45) is 0.740. The standard InChI is InChI=1S/C16H17NO3S2/c1-20-14-8-11(2-3-13(14)18)4-6-17-15(19)10-22-16(17)12-5-7-21-9-12/h2-3,5,7-9,16,18H,4,6,10H2,1H3. The number of phenolic OH excluding ortho intramolecular Hbond substituents is 1. The maximum absolute atomic E-state index is 12.1. The Morgan fingerprint density at radius 1 is 1.41 bits per heavy atom. The molecule has 1 aromatic heterocycles. The zero-order valence-corrected chi connectivity index (χ0v) is 13.8. The van der Waals surface area contributed by atoms with Gasteiger partial charge in [-0.05, 0) is 46.5 Å². The largest absolute Gasteiger partial charge is 0.504 e. The van der Waals surface area contributed by atoms with Gasteiger partial charge in [0.25, 0.3) is 0 Å². The van der Waals surface area contributed by atoms with Crippen LogP contribution in [0.5, 0.6) is 11.5 Å². The van der Waals surface area contributed by atoms with E-state index in [9.17, 15) is 9.90 Å². The highest BCUT2D eigenvalue weighted by atomic mass is 32.2. The van der Waals surface area contributed by atoms with E-state index in [1.165, 1.54) is 12.7 Å². The van der Waals surface area contributed by atoms with Crippen molar-refractivity contribution < 1.29 is 14.6 Å². The van der Waals surface area contributed by atoms with Gasteiger partial charge in [0.05, 0.1) is 12.9 Å². The van der Waals surface area contributed by atoms with Gasteiger partial charge in [0, 0.05) is 6.54 Å². The van der Waals surface area contributed by atoms with Crippen LogP contribution in [0.15, 0.2) is 35.0 Å². The minimum absolute atomic E-state index is 0.123. The molecule has 22 heavy (non-hydrogen) atoms. The highest BCUT2D eigenvalue weighted by Crippen LogP contribution is 2.39. The summed E-state index contributed by atoms with van der Waals surface area (Å²) in [4.78, 5) is 14.1. The predicted octanol–water partition coefficient (Wildman–Crippen LogP) is 3.28. The fourth-order valence-electron chi connectivity index (χ4n) is 2.51. The minimum atomic E-state index is 0.123. The van der Waals surface area contributed by atoms with Crippen molar-refractivity contribution in [2.45, 2.75) is 11.8 Å². The van der Waals surface area contributed by atoms with Gasteiger partial charge in [-0.1, -0.05) is 6.07 Å². The van der Waals surface area contributed by atoms with Crippen LogP contribution in [0.4, 0.5) is 0 Å². The van der Waals surface area contributed by atoms with Gasteiger partial charge in [-0.3, -0.25) is 4.79 Å². The molecule has 2 aromatic rings. The van der Waals surface area contributed by atoms with E-state index >= 15 is 0 Å². The molecule has 0 aliphatic carbocycles. The van der Waals surface area contributed by atoms with E-state index in [4.69, 9.17) is 4.74 Å². The summed E-state index contributed by atoms with van der Waals surface area (Å²) in [6, 6.07) is 7.40. The Hall–Kier alpha value is -1.66. The summed E-state index contributed by atoms with van der Waals surface area (Å²) in [6.45, 7) is 0.667. The summed E-state index contributed by atoms with van der Waals surface area (Å²) >= 11 is 3.34. The maximum atomic E-state index is 12.1. The van der Waals surface area contributed by atoms with Crippen molar-refractivity contribution in [3.8, 4) is 11.5 Å². The molecule has 0 bridgehead atoms. The molecule has 2 heterocycles. The van der Waals surface area contributed by atoms with Gasteiger partial charge in [0.2, 0.25) is 5.91 Å². The number of thiophene rings is 1. The first-order valence-electron chi connectivity index (χ1n) is 6.98. The molecule has 1 atom stereocenters. The van der Waals surface area contributed by atoms with Crippen molar-refractivity contribution in [1.29, 1.82) is 0 Å². The second-order valence-electron chi connectivity index (χ2n) is 5.06. The molecule has 1 aromatic carbocycles. The predicted molar refractivity (Wildman–Crippen MR) is 89.6 cm³/mol. The smallest absolute Gasteiger partial charge is 0.233 e. The van der Waals surface area contributed by atoms with Gasteiger partial charge in [-0.2, -0.15) is 11.3 Å². The van der Waals surface area contributed by atoms with Crippen molar-refractivity contribution >= 4 is 29.0 Å². The average Bonchev–Trinajstić information content (AvgIpc) is 3.16. The van der Waals surface area contributed by atoms with Crippen LogP contribution in [-0.4, -0.2) is 35.3 Å². The third-order valence-corrected chi connectivity index (χ3v) is 5.64. The number of ether oxygens (including phenoxy) is 1. The van der Waals surface area contributed by atoms with E-state index in [-0.39, 0.29) is 17.0 Å². The molecule has 1 aliphatic rings. The van der Waals surface area contributed by atoms with Crippen molar-refractivity contribution in [2.24, 2.45) is 0 Å². The van der Waals surface area contributed by atoms with Crippen LogP contribution in [0.25, 0.3) is 0 Å². The van der Waals surface area contributed by atoms with E-state index in [0.717, 1.165) is 12.0 Å². The lowest BCUT2D eigenvalue weighted by molar-refractivity contribution is -0.128. The highest BCUT2D eigenvalue weighted by Gasteiger charge is 2.32. The zero-order chi connectivity index (χ0) is 15.5. The number of phenols is 1. The number of aromatic hydroxyl groups is 1. The second-order valence-corrected chi connectivity index (χ2v) is 6.91. The lowest BCUT2D eigenvalue weighted by atomic mass is 10.1. The summed E-state index contributed by atoms with van der Waals surface area (Å²) in [5.74, 6) is 1.33. The molecule has 6 heteroatoms. The Morgan fingerprint density at radius 2 is 2.27 bits per heavy atom. The van der Waals surface area contributed by atoms with Gasteiger partial charge in [-0.25, -0.2) is 0 Å². The van der Waals surface area contributed by atoms with Crippen LogP contribution >= 0.6 is 23.1 Å². The normalized spacial score (nSPS) is 18.0. The van der Waals surface area contributed by atoms with Gasteiger partial charge in [-0.15, -0.1) is 11.8 Å². The summed E-state index contributed by atoms with van der Waals surface area (Å²) in [5.41, 5.74) is 2.24. The van der Waals surface area contributed by atoms with Crippen molar-refractivity contribution in [3.63, 3.8) is 0 Å². The Kier molecular flexibility index (Phi) is 4.59. The van der Waals surface area contributed by atoms with Crippen molar-refractivity contribution in [3.05, 3.63) is 46.2 Å². The Labute approximate surface area is 137 Å². The van der Waals surface area contributed by atoms with Crippen molar-refractivity contribution in [2.75, 3.05) is 19.4 Å². The molecule has 116 valence electrons. The Bertz CT molecular complexity index is 657. The number of hydrogen-bond acceptors (Lipinski definition) is 5. The molecule has 0 spiro atoms. The number of nitrogens with zero attached hydrogens (tertiary/aromatic N) is 1. The van der Waals surface area contributed by atoms with E-state index in [0.29, 0.717) is 18.0 Å². The molecule has 4 nitrogen and oxygen atoms in total.